The van der Waals surface area contributed by atoms with Crippen LogP contribution in [-0.2, 0) is 9.53 Å². The van der Waals surface area contributed by atoms with Crippen LogP contribution in [0.25, 0.3) is 0 Å². The Morgan fingerprint density at radius 1 is 1.47 bits per heavy atom. The van der Waals surface area contributed by atoms with Gasteiger partial charge < -0.3 is 20.1 Å². The number of amides is 1. The highest BCUT2D eigenvalue weighted by Crippen LogP contribution is 2.34. The molecule has 0 spiro atoms. The van der Waals surface area contributed by atoms with Gasteiger partial charge in [-0.15, -0.1) is 0 Å². The molecule has 0 aliphatic carbocycles. The number of carbonyl (C=O) groups excluding carboxylic acids is 1. The van der Waals surface area contributed by atoms with Gasteiger partial charge in [-0.25, -0.2) is 0 Å². The molecule has 0 aromatic rings. The number of rotatable bonds is 5. The van der Waals surface area contributed by atoms with Crippen LogP contribution in [0.1, 0.15) is 25.7 Å². The minimum Gasteiger partial charge on any atom is -0.396 e. The normalized spacial score (nSPS) is 26.6. The second kappa shape index (κ2) is 6.68. The maximum atomic E-state index is 12.8. The molecule has 2 saturated heterocycles. The van der Waals surface area contributed by atoms with Crippen LogP contribution in [0.2, 0.25) is 0 Å². The Morgan fingerprint density at radius 2 is 2.21 bits per heavy atom. The summed E-state index contributed by atoms with van der Waals surface area (Å²) >= 11 is 0. The molecule has 2 heterocycles. The van der Waals surface area contributed by atoms with E-state index < -0.39 is 0 Å². The molecule has 0 aromatic heterocycles. The number of nitrogens with one attached hydrogen (secondary N) is 1. The largest absolute Gasteiger partial charge is 0.396 e. The minimum absolute atomic E-state index is 0.222. The molecule has 2 rings (SSSR count). The van der Waals surface area contributed by atoms with Crippen molar-refractivity contribution in [2.24, 2.45) is 11.3 Å². The molecule has 1 amide bonds. The average Bonchev–Trinajstić information content (AvgIpc) is 2.88. The Labute approximate surface area is 115 Å². The summed E-state index contributed by atoms with van der Waals surface area (Å²) in [7, 11) is 1.68. The highest BCUT2D eigenvalue weighted by Gasteiger charge is 2.43. The third-order valence-corrected chi connectivity index (χ3v) is 4.55. The second-order valence-electron chi connectivity index (χ2n) is 5.88. The SMILES string of the molecule is COCC1(C(=O)N2CCC(CCO)C2)CCNCC1. The lowest BCUT2D eigenvalue weighted by atomic mass is 9.78. The van der Waals surface area contributed by atoms with Crippen molar-refractivity contribution in [3.8, 4) is 0 Å². The Kier molecular flexibility index (Phi) is 5.19. The molecule has 1 unspecified atom stereocenters. The van der Waals surface area contributed by atoms with Gasteiger partial charge in [0.05, 0.1) is 12.0 Å². The Hall–Kier alpha value is -0.650. The van der Waals surface area contributed by atoms with Crippen LogP contribution in [0.3, 0.4) is 0 Å². The van der Waals surface area contributed by atoms with E-state index in [1.54, 1.807) is 7.11 Å². The zero-order valence-electron chi connectivity index (χ0n) is 11.9. The van der Waals surface area contributed by atoms with Crippen LogP contribution in [0, 0.1) is 11.3 Å². The average molecular weight is 270 g/mol. The van der Waals surface area contributed by atoms with E-state index in [9.17, 15) is 4.79 Å². The molecule has 2 aliphatic rings. The number of aliphatic hydroxyl groups excluding tert-OH is 1. The second-order valence-corrected chi connectivity index (χ2v) is 5.88. The molecule has 5 heteroatoms. The molecule has 2 fully saturated rings. The summed E-state index contributed by atoms with van der Waals surface area (Å²) in [6.07, 6.45) is 3.55. The standard InChI is InChI=1S/C14H26N2O3/c1-19-11-14(4-6-15-7-5-14)13(18)16-8-2-12(10-16)3-9-17/h12,15,17H,2-11H2,1H3. The van der Waals surface area contributed by atoms with Crippen LogP contribution < -0.4 is 5.32 Å². The van der Waals surface area contributed by atoms with Gasteiger partial charge in [0.1, 0.15) is 0 Å². The van der Waals surface area contributed by atoms with Gasteiger partial charge in [0.2, 0.25) is 5.91 Å². The van der Waals surface area contributed by atoms with Crippen LogP contribution >= 0.6 is 0 Å². The lowest BCUT2D eigenvalue weighted by molar-refractivity contribution is -0.146. The maximum Gasteiger partial charge on any atom is 0.231 e. The zero-order valence-corrected chi connectivity index (χ0v) is 11.9. The van der Waals surface area contributed by atoms with Crippen LogP contribution in [-0.4, -0.2) is 62.4 Å². The third-order valence-electron chi connectivity index (χ3n) is 4.55. The first-order valence-corrected chi connectivity index (χ1v) is 7.32. The molecule has 0 bridgehead atoms. The van der Waals surface area contributed by atoms with Crippen molar-refractivity contribution < 1.29 is 14.6 Å². The quantitative estimate of drug-likeness (QED) is 0.751. The summed E-state index contributed by atoms with van der Waals surface area (Å²) in [4.78, 5) is 14.8. The van der Waals surface area contributed by atoms with E-state index in [-0.39, 0.29) is 17.9 Å². The molecule has 0 aromatic carbocycles. The van der Waals surface area contributed by atoms with Crippen LogP contribution in [0.4, 0.5) is 0 Å². The van der Waals surface area contributed by atoms with Gasteiger partial charge in [0.25, 0.3) is 0 Å². The minimum atomic E-state index is -0.325. The Balaban J connectivity index is 1.99. The summed E-state index contributed by atoms with van der Waals surface area (Å²) < 4.78 is 5.32. The zero-order chi connectivity index (χ0) is 13.7. The van der Waals surface area contributed by atoms with Crippen LogP contribution in [0.5, 0.6) is 0 Å². The lowest BCUT2D eigenvalue weighted by Crippen LogP contribution is -2.51. The number of piperidine rings is 1. The number of hydrogen-bond acceptors (Lipinski definition) is 4. The number of aliphatic hydroxyl groups is 1. The van der Waals surface area contributed by atoms with Crippen LogP contribution in [0.15, 0.2) is 0 Å². The number of hydrogen-bond donors (Lipinski definition) is 2. The summed E-state index contributed by atoms with van der Waals surface area (Å²) in [5.41, 5.74) is -0.325. The molecule has 19 heavy (non-hydrogen) atoms. The lowest BCUT2D eigenvalue weighted by Gasteiger charge is -2.38. The topological polar surface area (TPSA) is 61.8 Å². The van der Waals surface area contributed by atoms with E-state index in [0.29, 0.717) is 12.5 Å². The van der Waals surface area contributed by atoms with Gasteiger partial charge in [0.15, 0.2) is 0 Å². The highest BCUT2D eigenvalue weighted by atomic mass is 16.5. The monoisotopic (exact) mass is 270 g/mol. The summed E-state index contributed by atoms with van der Waals surface area (Å²) in [5.74, 6) is 0.728. The number of methoxy groups -OCH3 is 1. The van der Waals surface area contributed by atoms with Crippen molar-refractivity contribution in [1.82, 2.24) is 10.2 Å². The Bertz CT molecular complexity index is 298. The molecule has 0 saturated carbocycles. The fraction of sp³-hybridized carbons (Fsp3) is 0.929. The van der Waals surface area contributed by atoms with Gasteiger partial charge >= 0.3 is 0 Å². The smallest absolute Gasteiger partial charge is 0.231 e. The third kappa shape index (κ3) is 3.27. The maximum absolute atomic E-state index is 12.8. The molecular weight excluding hydrogens is 244 g/mol. The fourth-order valence-corrected chi connectivity index (χ4v) is 3.37. The van der Waals surface area contributed by atoms with Crippen molar-refractivity contribution in [2.75, 3.05) is 46.5 Å². The Morgan fingerprint density at radius 3 is 2.84 bits per heavy atom. The summed E-state index contributed by atoms with van der Waals surface area (Å²) in [5, 5.41) is 12.3. The summed E-state index contributed by atoms with van der Waals surface area (Å²) in [6.45, 7) is 4.17. The molecule has 2 aliphatic heterocycles. The molecule has 2 N–H and O–H groups in total. The first-order valence-electron chi connectivity index (χ1n) is 7.32. The van der Waals surface area contributed by atoms with Gasteiger partial charge in [0, 0.05) is 26.8 Å². The van der Waals surface area contributed by atoms with Crippen molar-refractivity contribution in [3.05, 3.63) is 0 Å². The predicted octanol–water partition coefficient (Wildman–Crippen LogP) is 0.234. The summed E-state index contributed by atoms with van der Waals surface area (Å²) in [6, 6.07) is 0. The van der Waals surface area contributed by atoms with Crippen molar-refractivity contribution in [1.29, 1.82) is 0 Å². The van der Waals surface area contributed by atoms with E-state index in [4.69, 9.17) is 9.84 Å². The van der Waals surface area contributed by atoms with E-state index in [0.717, 1.165) is 51.9 Å². The first-order chi connectivity index (χ1) is 9.22. The molecular formula is C14H26N2O3. The molecule has 110 valence electrons. The van der Waals surface area contributed by atoms with E-state index in [2.05, 4.69) is 5.32 Å². The molecule has 1 atom stereocenters. The number of carbonyl (C=O) groups is 1. The number of ether oxygens (including phenoxy) is 1. The van der Waals surface area contributed by atoms with Crippen molar-refractivity contribution in [3.63, 3.8) is 0 Å². The van der Waals surface area contributed by atoms with Gasteiger partial charge in [-0.05, 0) is 44.7 Å². The van der Waals surface area contributed by atoms with E-state index in [1.165, 1.54) is 0 Å². The van der Waals surface area contributed by atoms with E-state index >= 15 is 0 Å². The fourth-order valence-electron chi connectivity index (χ4n) is 3.37. The van der Waals surface area contributed by atoms with Crippen molar-refractivity contribution in [2.45, 2.75) is 25.7 Å². The predicted molar refractivity (Wildman–Crippen MR) is 72.8 cm³/mol. The molecule has 0 radical (unpaired) electrons. The van der Waals surface area contributed by atoms with Crippen molar-refractivity contribution >= 4 is 5.91 Å². The van der Waals surface area contributed by atoms with Gasteiger partial charge in [-0.2, -0.15) is 0 Å². The van der Waals surface area contributed by atoms with E-state index in [1.807, 2.05) is 4.90 Å². The number of likely N-dealkylation sites (tertiary alicyclic amines) is 1. The van der Waals surface area contributed by atoms with Gasteiger partial charge in [-0.3, -0.25) is 4.79 Å². The highest BCUT2D eigenvalue weighted by molar-refractivity contribution is 5.83. The first kappa shape index (κ1) is 14.8. The molecule has 5 nitrogen and oxygen atoms in total. The number of nitrogens with zero attached hydrogens (tertiary/aromatic N) is 1. The van der Waals surface area contributed by atoms with Gasteiger partial charge in [-0.1, -0.05) is 0 Å².